The molecular formula is C18H4F2N4. The molecule has 0 aliphatic heterocycles. The zero-order valence-corrected chi connectivity index (χ0v) is 11.9. The van der Waals surface area contributed by atoms with Crippen molar-refractivity contribution < 1.29 is 8.78 Å². The minimum Gasteiger partial charge on any atom is -0.204 e. The molecule has 0 spiro atoms. The first kappa shape index (κ1) is 14.9. The lowest BCUT2D eigenvalue weighted by molar-refractivity contribution is 0.517. The molecule has 0 unspecified atom stereocenters. The number of halogens is 2. The van der Waals surface area contributed by atoms with Crippen molar-refractivity contribution in [1.82, 2.24) is 0 Å². The fraction of sp³-hybridized carbons (Fsp3) is 0. The van der Waals surface area contributed by atoms with Gasteiger partial charge >= 0.3 is 0 Å². The molecule has 4 nitrogen and oxygen atoms in total. The number of rotatable bonds is 0. The van der Waals surface area contributed by atoms with Crippen LogP contribution in [0.5, 0.6) is 0 Å². The topological polar surface area (TPSA) is 95.2 Å². The molecule has 3 aromatic rings. The summed E-state index contributed by atoms with van der Waals surface area (Å²) < 4.78 is 28.1. The third-order valence-electron chi connectivity index (χ3n) is 3.79. The van der Waals surface area contributed by atoms with Crippen molar-refractivity contribution in [1.29, 1.82) is 21.0 Å². The maximum atomic E-state index is 14.4. The average Bonchev–Trinajstić information content (AvgIpc) is 2.61. The molecule has 0 heterocycles. The first-order valence-corrected chi connectivity index (χ1v) is 6.59. The van der Waals surface area contributed by atoms with Crippen molar-refractivity contribution >= 4 is 21.5 Å². The number of nitriles is 4. The number of fused-ring (bicyclic) bond motifs is 3. The van der Waals surface area contributed by atoms with Crippen molar-refractivity contribution in [3.8, 4) is 24.3 Å². The van der Waals surface area contributed by atoms with Gasteiger partial charge in [0.25, 0.3) is 0 Å². The number of hydrogen-bond donors (Lipinski definition) is 0. The lowest BCUT2D eigenvalue weighted by atomic mass is 9.88. The van der Waals surface area contributed by atoms with Crippen LogP contribution in [-0.4, -0.2) is 0 Å². The molecule has 0 aliphatic carbocycles. The Morgan fingerprint density at radius 1 is 0.625 bits per heavy atom. The normalized spacial score (nSPS) is 9.92. The number of nitrogens with zero attached hydrogens (tertiary/aromatic N) is 4. The van der Waals surface area contributed by atoms with Gasteiger partial charge in [-0.2, -0.15) is 21.0 Å². The lowest BCUT2D eigenvalue weighted by Gasteiger charge is -2.11. The summed E-state index contributed by atoms with van der Waals surface area (Å²) in [4.78, 5) is 0. The predicted molar refractivity (Wildman–Crippen MR) is 80.2 cm³/mol. The van der Waals surface area contributed by atoms with E-state index >= 15 is 0 Å². The van der Waals surface area contributed by atoms with E-state index in [0.717, 1.165) is 6.07 Å². The summed E-state index contributed by atoms with van der Waals surface area (Å²) in [7, 11) is 0. The van der Waals surface area contributed by atoms with Crippen LogP contribution >= 0.6 is 0 Å². The SMILES string of the molecule is N#Cc1c(C#N)c(C#N)c2c(ccc3ccc(F)c(F)c32)c1C#N. The second kappa shape index (κ2) is 5.33. The minimum atomic E-state index is -1.17. The van der Waals surface area contributed by atoms with Gasteiger partial charge in [0.1, 0.15) is 24.3 Å². The van der Waals surface area contributed by atoms with E-state index in [2.05, 4.69) is 0 Å². The summed E-state index contributed by atoms with van der Waals surface area (Å²) in [6.45, 7) is 0. The largest absolute Gasteiger partial charge is 0.204 e. The standard InChI is InChI=1S/C18H4F2N4/c19-15-4-2-9-1-3-10-11(5-21)12(6-22)13(7-23)14(8-24)17(10)16(9)18(15)20/h1-4H. The fourth-order valence-electron chi connectivity index (χ4n) is 2.78. The van der Waals surface area contributed by atoms with Crippen LogP contribution in [0, 0.1) is 57.0 Å². The van der Waals surface area contributed by atoms with Crippen LogP contribution in [0.25, 0.3) is 21.5 Å². The molecule has 6 heteroatoms. The molecule has 0 aliphatic rings. The molecule has 0 aromatic heterocycles. The molecule has 0 N–H and O–H groups in total. The second-order valence-corrected chi connectivity index (χ2v) is 4.89. The van der Waals surface area contributed by atoms with Gasteiger partial charge in [0.05, 0.1) is 22.3 Å². The predicted octanol–water partition coefficient (Wildman–Crippen LogP) is 3.76. The highest BCUT2D eigenvalue weighted by Gasteiger charge is 2.23. The maximum Gasteiger partial charge on any atom is 0.167 e. The van der Waals surface area contributed by atoms with Crippen LogP contribution < -0.4 is 0 Å². The molecule has 0 bridgehead atoms. The van der Waals surface area contributed by atoms with Crippen molar-refractivity contribution in [3.05, 3.63) is 58.2 Å². The van der Waals surface area contributed by atoms with E-state index in [4.69, 9.17) is 0 Å². The summed E-state index contributed by atoms with van der Waals surface area (Å²) >= 11 is 0. The van der Waals surface area contributed by atoms with E-state index in [-0.39, 0.29) is 38.4 Å². The van der Waals surface area contributed by atoms with Crippen molar-refractivity contribution in [2.24, 2.45) is 0 Å². The molecule has 24 heavy (non-hydrogen) atoms. The van der Waals surface area contributed by atoms with E-state index in [1.807, 2.05) is 6.07 Å². The van der Waals surface area contributed by atoms with E-state index in [9.17, 15) is 29.8 Å². The van der Waals surface area contributed by atoms with E-state index in [1.54, 1.807) is 18.2 Å². The average molecular weight is 314 g/mol. The van der Waals surface area contributed by atoms with Crippen molar-refractivity contribution in [2.75, 3.05) is 0 Å². The lowest BCUT2D eigenvalue weighted by Crippen LogP contribution is -1.99. The molecule has 0 saturated carbocycles. The third kappa shape index (κ3) is 1.78. The Balaban J connectivity index is 2.82. The zero-order chi connectivity index (χ0) is 17.4. The first-order valence-electron chi connectivity index (χ1n) is 6.59. The van der Waals surface area contributed by atoms with E-state index in [1.165, 1.54) is 18.2 Å². The Hall–Kier alpha value is -4.00. The van der Waals surface area contributed by atoms with Crippen LogP contribution in [0.4, 0.5) is 8.78 Å². The molecule has 0 amide bonds. The molecule has 0 fully saturated rings. The maximum absolute atomic E-state index is 14.4. The highest BCUT2D eigenvalue weighted by atomic mass is 19.2. The van der Waals surface area contributed by atoms with Gasteiger partial charge in [0.15, 0.2) is 11.6 Å². The Kier molecular flexibility index (Phi) is 3.31. The van der Waals surface area contributed by atoms with Gasteiger partial charge in [-0.25, -0.2) is 8.78 Å². The van der Waals surface area contributed by atoms with E-state index in [0.29, 0.717) is 5.39 Å². The zero-order valence-electron chi connectivity index (χ0n) is 11.9. The summed E-state index contributed by atoms with van der Waals surface area (Å²) in [5, 5.41) is 37.6. The molecule has 0 atom stereocenters. The summed E-state index contributed by atoms with van der Waals surface area (Å²) in [6.07, 6.45) is 0. The molecule has 3 rings (SSSR count). The third-order valence-corrected chi connectivity index (χ3v) is 3.79. The Labute approximate surface area is 134 Å². The van der Waals surface area contributed by atoms with Gasteiger partial charge in [-0.15, -0.1) is 0 Å². The van der Waals surface area contributed by atoms with Crippen LogP contribution in [0.15, 0.2) is 24.3 Å². The van der Waals surface area contributed by atoms with Crippen LogP contribution in [-0.2, 0) is 0 Å². The monoisotopic (exact) mass is 314 g/mol. The molecule has 0 saturated heterocycles. The summed E-state index contributed by atoms with van der Waals surface area (Å²) in [5.41, 5.74) is -0.966. The van der Waals surface area contributed by atoms with Gasteiger partial charge in [0, 0.05) is 16.2 Å². The van der Waals surface area contributed by atoms with Crippen molar-refractivity contribution in [2.45, 2.75) is 0 Å². The molecule has 110 valence electrons. The van der Waals surface area contributed by atoms with Gasteiger partial charge in [0.2, 0.25) is 0 Å². The second-order valence-electron chi connectivity index (χ2n) is 4.89. The highest BCUT2D eigenvalue weighted by molar-refractivity contribution is 6.13. The molecule has 3 aromatic carbocycles. The Morgan fingerprint density at radius 2 is 1.17 bits per heavy atom. The van der Waals surface area contributed by atoms with Gasteiger partial charge in [-0.05, 0) is 11.5 Å². The van der Waals surface area contributed by atoms with Crippen LogP contribution in [0.2, 0.25) is 0 Å². The van der Waals surface area contributed by atoms with Gasteiger partial charge in [-0.3, -0.25) is 0 Å². The van der Waals surface area contributed by atoms with Gasteiger partial charge < -0.3 is 0 Å². The Bertz CT molecular complexity index is 1220. The Morgan fingerprint density at radius 3 is 1.75 bits per heavy atom. The van der Waals surface area contributed by atoms with Crippen LogP contribution in [0.3, 0.4) is 0 Å². The quantitative estimate of drug-likeness (QED) is 0.590. The molecule has 0 radical (unpaired) electrons. The fourth-order valence-corrected chi connectivity index (χ4v) is 2.78. The summed E-state index contributed by atoms with van der Waals surface area (Å²) in [6, 6.07) is 12.3. The number of hydrogen-bond acceptors (Lipinski definition) is 4. The summed E-state index contributed by atoms with van der Waals surface area (Å²) in [5.74, 6) is -2.28. The smallest absolute Gasteiger partial charge is 0.167 e. The molecular weight excluding hydrogens is 310 g/mol. The van der Waals surface area contributed by atoms with E-state index < -0.39 is 11.6 Å². The van der Waals surface area contributed by atoms with Crippen molar-refractivity contribution in [3.63, 3.8) is 0 Å². The first-order chi connectivity index (χ1) is 11.6. The highest BCUT2D eigenvalue weighted by Crippen LogP contribution is 2.36. The van der Waals surface area contributed by atoms with Crippen LogP contribution in [0.1, 0.15) is 22.3 Å². The number of benzene rings is 3. The minimum absolute atomic E-state index is 0.0425. The van der Waals surface area contributed by atoms with Gasteiger partial charge in [-0.1, -0.05) is 18.2 Å².